The highest BCUT2D eigenvalue weighted by atomic mass is 79.9. The summed E-state index contributed by atoms with van der Waals surface area (Å²) in [5.41, 5.74) is 2.19. The second kappa shape index (κ2) is 5.12. The molecule has 0 amide bonds. The molecule has 0 N–H and O–H groups in total. The van der Waals surface area contributed by atoms with Gasteiger partial charge in [-0.25, -0.2) is 4.98 Å². The Bertz CT molecular complexity index is 616. The molecule has 0 spiro atoms. The van der Waals surface area contributed by atoms with Crippen molar-refractivity contribution in [3.05, 3.63) is 53.3 Å². The van der Waals surface area contributed by atoms with Crippen LogP contribution in [0, 0.1) is 0 Å². The Labute approximate surface area is 117 Å². The van der Waals surface area contributed by atoms with Crippen LogP contribution in [0.3, 0.4) is 0 Å². The molecule has 1 aromatic carbocycles. The van der Waals surface area contributed by atoms with Crippen LogP contribution < -0.4 is 4.74 Å². The highest BCUT2D eigenvalue weighted by Gasteiger charge is 2.03. The molecule has 3 rings (SSSR count). The second-order valence-electron chi connectivity index (χ2n) is 3.89. The quantitative estimate of drug-likeness (QED) is 0.682. The van der Waals surface area contributed by atoms with E-state index in [1.807, 2.05) is 34.3 Å². The molecule has 0 radical (unpaired) electrons. The van der Waals surface area contributed by atoms with Gasteiger partial charge >= 0.3 is 0 Å². The lowest BCUT2D eigenvalue weighted by atomic mass is 10.2. The van der Waals surface area contributed by atoms with Crippen LogP contribution in [-0.4, -0.2) is 9.38 Å². The van der Waals surface area contributed by atoms with E-state index < -0.39 is 0 Å². The van der Waals surface area contributed by atoms with Gasteiger partial charge in [0.15, 0.2) is 4.96 Å². The Balaban J connectivity index is 1.68. The van der Waals surface area contributed by atoms with Crippen molar-refractivity contribution >= 4 is 32.2 Å². The van der Waals surface area contributed by atoms with Gasteiger partial charge in [-0.15, -0.1) is 11.3 Å². The van der Waals surface area contributed by atoms with Crippen molar-refractivity contribution in [1.29, 1.82) is 0 Å². The molecule has 0 atom stereocenters. The lowest BCUT2D eigenvalue weighted by Gasteiger charge is -2.04. The van der Waals surface area contributed by atoms with Gasteiger partial charge in [-0.1, -0.05) is 28.1 Å². The third kappa shape index (κ3) is 2.42. The molecule has 5 heteroatoms. The van der Waals surface area contributed by atoms with E-state index in [0.717, 1.165) is 21.7 Å². The molecule has 0 bridgehead atoms. The summed E-state index contributed by atoms with van der Waals surface area (Å²) in [7, 11) is 0. The average molecular weight is 323 g/mol. The maximum atomic E-state index is 5.70. The summed E-state index contributed by atoms with van der Waals surface area (Å²) in [6.45, 7) is 0.502. The number of aromatic nitrogens is 2. The van der Waals surface area contributed by atoms with Crippen molar-refractivity contribution in [2.45, 2.75) is 11.9 Å². The van der Waals surface area contributed by atoms with Crippen molar-refractivity contribution < 1.29 is 4.74 Å². The first-order valence-electron chi connectivity index (χ1n) is 5.54. The third-order valence-electron chi connectivity index (χ3n) is 2.61. The van der Waals surface area contributed by atoms with Crippen LogP contribution in [0.2, 0.25) is 0 Å². The number of hydrogen-bond acceptors (Lipinski definition) is 3. The van der Waals surface area contributed by atoms with Gasteiger partial charge in [0.1, 0.15) is 12.4 Å². The Morgan fingerprint density at radius 1 is 1.28 bits per heavy atom. The van der Waals surface area contributed by atoms with Crippen LogP contribution in [0.4, 0.5) is 0 Å². The molecule has 0 saturated heterocycles. The first-order chi connectivity index (χ1) is 8.85. The summed E-state index contributed by atoms with van der Waals surface area (Å²) in [4.78, 5) is 5.47. The van der Waals surface area contributed by atoms with Crippen LogP contribution in [-0.2, 0) is 11.9 Å². The number of fused-ring (bicyclic) bond motifs is 1. The summed E-state index contributed by atoms with van der Waals surface area (Å²) >= 11 is 5.05. The maximum absolute atomic E-state index is 5.70. The summed E-state index contributed by atoms with van der Waals surface area (Å²) in [6, 6.07) is 8.07. The molecular formula is C13H11BrN2OS. The Morgan fingerprint density at radius 3 is 2.83 bits per heavy atom. The fraction of sp³-hybridized carbons (Fsp3) is 0.154. The van der Waals surface area contributed by atoms with Gasteiger partial charge in [-0.3, -0.25) is 4.40 Å². The molecule has 92 valence electrons. The Hall–Kier alpha value is -1.33. The minimum Gasteiger partial charge on any atom is -0.487 e. The zero-order chi connectivity index (χ0) is 12.4. The molecule has 0 unspecified atom stereocenters. The van der Waals surface area contributed by atoms with Gasteiger partial charge in [0, 0.05) is 23.1 Å². The zero-order valence-corrected chi connectivity index (χ0v) is 11.9. The van der Waals surface area contributed by atoms with Gasteiger partial charge in [-0.05, 0) is 17.7 Å². The van der Waals surface area contributed by atoms with Crippen molar-refractivity contribution in [2.24, 2.45) is 0 Å². The predicted octanol–water partition coefficient (Wildman–Crippen LogP) is 3.87. The number of ether oxygens (including phenoxy) is 1. The molecule has 2 heterocycles. The van der Waals surface area contributed by atoms with Crippen LogP contribution >= 0.6 is 27.3 Å². The number of hydrogen-bond donors (Lipinski definition) is 0. The molecular weight excluding hydrogens is 312 g/mol. The molecule has 0 aliphatic carbocycles. The van der Waals surface area contributed by atoms with E-state index in [0.29, 0.717) is 6.61 Å². The minimum absolute atomic E-state index is 0.502. The van der Waals surface area contributed by atoms with E-state index in [1.165, 1.54) is 5.56 Å². The van der Waals surface area contributed by atoms with Gasteiger partial charge in [0.25, 0.3) is 0 Å². The highest BCUT2D eigenvalue weighted by Crippen LogP contribution is 2.16. The van der Waals surface area contributed by atoms with Crippen LogP contribution in [0.5, 0.6) is 5.75 Å². The molecule has 18 heavy (non-hydrogen) atoms. The summed E-state index contributed by atoms with van der Waals surface area (Å²) in [6.07, 6.45) is 4.00. The first-order valence-corrected chi connectivity index (χ1v) is 7.54. The molecule has 0 fully saturated rings. The van der Waals surface area contributed by atoms with Gasteiger partial charge in [-0.2, -0.15) is 0 Å². The fourth-order valence-electron chi connectivity index (χ4n) is 1.68. The summed E-state index contributed by atoms with van der Waals surface area (Å²) in [5.74, 6) is 0.871. The lowest BCUT2D eigenvalue weighted by molar-refractivity contribution is 0.302. The second-order valence-corrected chi connectivity index (χ2v) is 5.33. The van der Waals surface area contributed by atoms with Crippen molar-refractivity contribution in [3.63, 3.8) is 0 Å². The monoisotopic (exact) mass is 322 g/mol. The standard InChI is InChI=1S/C13H11BrN2OS/c14-7-10-1-3-12(4-2-10)17-9-11-8-16-5-6-18-13(16)15-11/h1-6,8H,7,9H2. The maximum Gasteiger partial charge on any atom is 0.193 e. The van der Waals surface area contributed by atoms with Crippen LogP contribution in [0.1, 0.15) is 11.3 Å². The molecule has 2 aromatic heterocycles. The topological polar surface area (TPSA) is 26.5 Å². The number of thiazole rings is 1. The van der Waals surface area contributed by atoms with Crippen LogP contribution in [0.15, 0.2) is 42.0 Å². The molecule has 3 aromatic rings. The smallest absolute Gasteiger partial charge is 0.193 e. The Morgan fingerprint density at radius 2 is 2.11 bits per heavy atom. The van der Waals surface area contributed by atoms with E-state index in [9.17, 15) is 0 Å². The van der Waals surface area contributed by atoms with Crippen molar-refractivity contribution in [2.75, 3.05) is 0 Å². The largest absolute Gasteiger partial charge is 0.487 e. The first kappa shape index (κ1) is 11.7. The van der Waals surface area contributed by atoms with E-state index in [1.54, 1.807) is 11.3 Å². The van der Waals surface area contributed by atoms with E-state index in [2.05, 4.69) is 33.0 Å². The third-order valence-corrected chi connectivity index (χ3v) is 4.03. The van der Waals surface area contributed by atoms with E-state index >= 15 is 0 Å². The fourth-order valence-corrected chi connectivity index (χ4v) is 2.77. The minimum atomic E-state index is 0.502. The summed E-state index contributed by atoms with van der Waals surface area (Å²) in [5, 5.41) is 2.89. The lowest BCUT2D eigenvalue weighted by Crippen LogP contribution is -1.95. The zero-order valence-electron chi connectivity index (χ0n) is 9.54. The number of alkyl halides is 1. The van der Waals surface area contributed by atoms with Crippen LogP contribution in [0.25, 0.3) is 4.96 Å². The number of imidazole rings is 1. The Kier molecular flexibility index (Phi) is 3.34. The number of benzene rings is 1. The highest BCUT2D eigenvalue weighted by molar-refractivity contribution is 9.08. The van der Waals surface area contributed by atoms with E-state index in [-0.39, 0.29) is 0 Å². The van der Waals surface area contributed by atoms with E-state index in [4.69, 9.17) is 4.74 Å². The van der Waals surface area contributed by atoms with Crippen molar-refractivity contribution in [1.82, 2.24) is 9.38 Å². The summed E-state index contributed by atoms with van der Waals surface area (Å²) < 4.78 is 7.72. The average Bonchev–Trinajstić information content (AvgIpc) is 2.97. The predicted molar refractivity (Wildman–Crippen MR) is 76.5 cm³/mol. The SMILES string of the molecule is BrCc1ccc(OCc2cn3ccsc3n2)cc1. The molecule has 3 nitrogen and oxygen atoms in total. The van der Waals surface area contributed by atoms with Gasteiger partial charge in [0.2, 0.25) is 0 Å². The van der Waals surface area contributed by atoms with Gasteiger partial charge in [0.05, 0.1) is 5.69 Å². The molecule has 0 aliphatic heterocycles. The van der Waals surface area contributed by atoms with Gasteiger partial charge < -0.3 is 4.74 Å². The molecule has 0 saturated carbocycles. The normalized spacial score (nSPS) is 10.9. The molecule has 0 aliphatic rings. The van der Waals surface area contributed by atoms with Crippen molar-refractivity contribution in [3.8, 4) is 5.75 Å². The number of nitrogens with zero attached hydrogens (tertiary/aromatic N) is 2. The number of rotatable bonds is 4. The number of halogens is 1.